The average Bonchev–Trinajstić information content (AvgIpc) is 3.22. The summed E-state index contributed by atoms with van der Waals surface area (Å²) in [5.41, 5.74) is 7.56. The zero-order valence-corrected chi connectivity index (χ0v) is 18.5. The van der Waals surface area contributed by atoms with Gasteiger partial charge < -0.3 is 0 Å². The molecule has 3 heterocycles. The number of hydrogen-bond acceptors (Lipinski definition) is 7. The Bertz CT molecular complexity index is 1220. The number of aryl methyl sites for hydroxylation is 2. The lowest BCUT2D eigenvalue weighted by molar-refractivity contribution is -0.118. The van der Waals surface area contributed by atoms with Gasteiger partial charge in [0.1, 0.15) is 5.69 Å². The summed E-state index contributed by atoms with van der Waals surface area (Å²) in [6, 6.07) is 15.5. The lowest BCUT2D eigenvalue weighted by Crippen LogP contribution is -2.19. The molecule has 0 spiro atoms. The SMILES string of the molecule is Cc1cc(C)nc(SCC(=O)NN=Cc2cn(-c3ccccc3)nc2-c2cccnc2)n1. The maximum atomic E-state index is 12.2. The second-order valence-corrected chi connectivity index (χ2v) is 7.91. The molecule has 0 atom stereocenters. The second kappa shape index (κ2) is 9.97. The highest BCUT2D eigenvalue weighted by molar-refractivity contribution is 7.99. The monoisotopic (exact) mass is 443 g/mol. The molecule has 4 rings (SSSR count). The van der Waals surface area contributed by atoms with E-state index in [4.69, 9.17) is 5.10 Å². The van der Waals surface area contributed by atoms with E-state index in [2.05, 4.69) is 25.5 Å². The molecule has 1 N–H and O–H groups in total. The van der Waals surface area contributed by atoms with Gasteiger partial charge in [0, 0.05) is 41.1 Å². The van der Waals surface area contributed by atoms with Gasteiger partial charge in [0.05, 0.1) is 17.7 Å². The number of pyridine rings is 1. The third-order valence-electron chi connectivity index (χ3n) is 4.39. The van der Waals surface area contributed by atoms with Gasteiger partial charge in [0.15, 0.2) is 5.16 Å². The molecule has 32 heavy (non-hydrogen) atoms. The van der Waals surface area contributed by atoms with Crippen molar-refractivity contribution >= 4 is 23.9 Å². The second-order valence-electron chi connectivity index (χ2n) is 6.97. The van der Waals surface area contributed by atoms with Crippen LogP contribution in [0.25, 0.3) is 16.9 Å². The predicted octanol–water partition coefficient (Wildman–Crippen LogP) is 3.58. The van der Waals surface area contributed by atoms with Crippen LogP contribution in [-0.2, 0) is 4.79 Å². The molecular formula is C23H21N7OS. The third kappa shape index (κ3) is 5.44. The van der Waals surface area contributed by atoms with Crippen LogP contribution in [0.1, 0.15) is 17.0 Å². The van der Waals surface area contributed by atoms with Gasteiger partial charge >= 0.3 is 0 Å². The van der Waals surface area contributed by atoms with E-state index in [1.807, 2.05) is 68.6 Å². The van der Waals surface area contributed by atoms with Crippen LogP contribution < -0.4 is 5.43 Å². The number of carbonyl (C=O) groups is 1. The lowest BCUT2D eigenvalue weighted by atomic mass is 10.1. The molecule has 8 nitrogen and oxygen atoms in total. The molecule has 1 aromatic carbocycles. The molecule has 3 aromatic heterocycles. The predicted molar refractivity (Wildman–Crippen MR) is 125 cm³/mol. The van der Waals surface area contributed by atoms with E-state index in [0.717, 1.165) is 33.9 Å². The number of hydrazone groups is 1. The fraction of sp³-hybridized carbons (Fsp3) is 0.130. The summed E-state index contributed by atoms with van der Waals surface area (Å²) in [7, 11) is 0. The van der Waals surface area contributed by atoms with Crippen LogP contribution >= 0.6 is 11.8 Å². The van der Waals surface area contributed by atoms with Crippen LogP contribution in [0, 0.1) is 13.8 Å². The van der Waals surface area contributed by atoms with Gasteiger partial charge in [0.2, 0.25) is 0 Å². The summed E-state index contributed by atoms with van der Waals surface area (Å²) in [4.78, 5) is 25.1. The molecule has 0 aliphatic rings. The molecule has 0 saturated heterocycles. The fourth-order valence-electron chi connectivity index (χ4n) is 3.02. The first-order valence-corrected chi connectivity index (χ1v) is 10.9. The van der Waals surface area contributed by atoms with Crippen molar-refractivity contribution in [3.8, 4) is 16.9 Å². The molecule has 0 aliphatic heterocycles. The molecule has 0 unspecified atom stereocenters. The Morgan fingerprint density at radius 1 is 1.12 bits per heavy atom. The van der Waals surface area contributed by atoms with Crippen LogP contribution in [0.5, 0.6) is 0 Å². The number of hydrogen-bond donors (Lipinski definition) is 1. The maximum Gasteiger partial charge on any atom is 0.250 e. The number of nitrogens with one attached hydrogen (secondary N) is 1. The van der Waals surface area contributed by atoms with Gasteiger partial charge in [-0.25, -0.2) is 20.1 Å². The van der Waals surface area contributed by atoms with Gasteiger partial charge in [-0.1, -0.05) is 30.0 Å². The topological polar surface area (TPSA) is 98.0 Å². The minimum Gasteiger partial charge on any atom is -0.272 e. The van der Waals surface area contributed by atoms with Gasteiger partial charge in [-0.15, -0.1) is 0 Å². The van der Waals surface area contributed by atoms with E-state index in [1.54, 1.807) is 23.3 Å². The zero-order chi connectivity index (χ0) is 22.3. The molecule has 0 fully saturated rings. The van der Waals surface area contributed by atoms with Crippen LogP contribution in [0.2, 0.25) is 0 Å². The van der Waals surface area contributed by atoms with Crippen molar-refractivity contribution in [3.63, 3.8) is 0 Å². The lowest BCUT2D eigenvalue weighted by Gasteiger charge is -2.02. The molecule has 0 aliphatic carbocycles. The number of aromatic nitrogens is 5. The molecular weight excluding hydrogens is 422 g/mol. The van der Waals surface area contributed by atoms with Gasteiger partial charge in [0.25, 0.3) is 5.91 Å². The number of nitrogens with zero attached hydrogens (tertiary/aromatic N) is 6. The Morgan fingerprint density at radius 2 is 1.91 bits per heavy atom. The first-order valence-electron chi connectivity index (χ1n) is 9.91. The molecule has 1 amide bonds. The van der Waals surface area contributed by atoms with E-state index in [0.29, 0.717) is 5.16 Å². The molecule has 0 radical (unpaired) electrons. The van der Waals surface area contributed by atoms with E-state index in [-0.39, 0.29) is 11.7 Å². The van der Waals surface area contributed by atoms with Crippen molar-refractivity contribution in [2.75, 3.05) is 5.75 Å². The quantitative estimate of drug-likeness (QED) is 0.203. The molecule has 0 saturated carbocycles. The molecule has 4 aromatic rings. The zero-order valence-electron chi connectivity index (χ0n) is 17.6. The van der Waals surface area contributed by atoms with Gasteiger partial charge in [-0.3, -0.25) is 9.78 Å². The Labute approximate surface area is 189 Å². The highest BCUT2D eigenvalue weighted by Crippen LogP contribution is 2.21. The Balaban J connectivity index is 1.47. The minimum atomic E-state index is -0.243. The normalized spacial score (nSPS) is 11.1. The van der Waals surface area contributed by atoms with Crippen molar-refractivity contribution in [1.82, 2.24) is 30.2 Å². The Kier molecular flexibility index (Phi) is 6.66. The highest BCUT2D eigenvalue weighted by Gasteiger charge is 2.11. The molecule has 160 valence electrons. The van der Waals surface area contributed by atoms with Crippen LogP contribution in [0.3, 0.4) is 0 Å². The first kappa shape index (κ1) is 21.4. The summed E-state index contributed by atoms with van der Waals surface area (Å²) in [5, 5.41) is 9.40. The van der Waals surface area contributed by atoms with Crippen molar-refractivity contribution in [2.24, 2.45) is 5.10 Å². The largest absolute Gasteiger partial charge is 0.272 e. The van der Waals surface area contributed by atoms with E-state index >= 15 is 0 Å². The average molecular weight is 444 g/mol. The van der Waals surface area contributed by atoms with E-state index < -0.39 is 0 Å². The molecule has 0 bridgehead atoms. The smallest absolute Gasteiger partial charge is 0.250 e. The Hall–Kier alpha value is -3.85. The summed E-state index contributed by atoms with van der Waals surface area (Å²) in [6.45, 7) is 3.80. The van der Waals surface area contributed by atoms with Crippen molar-refractivity contribution in [2.45, 2.75) is 19.0 Å². The maximum absolute atomic E-state index is 12.2. The number of thioether (sulfide) groups is 1. The van der Waals surface area contributed by atoms with Crippen molar-refractivity contribution in [1.29, 1.82) is 0 Å². The van der Waals surface area contributed by atoms with Crippen LogP contribution in [0.4, 0.5) is 0 Å². The summed E-state index contributed by atoms with van der Waals surface area (Å²) in [6.07, 6.45) is 6.91. The standard InChI is InChI=1S/C23H21N7OS/c1-16-11-17(2)27-23(26-16)32-15-21(31)28-25-13-19-14-30(20-8-4-3-5-9-20)29-22(19)18-7-6-10-24-12-18/h3-14H,15H2,1-2H3,(H,28,31). The number of benzene rings is 1. The Morgan fingerprint density at radius 3 is 2.62 bits per heavy atom. The third-order valence-corrected chi connectivity index (χ3v) is 5.23. The van der Waals surface area contributed by atoms with Crippen LogP contribution in [0.15, 0.2) is 77.4 Å². The minimum absolute atomic E-state index is 0.166. The molecule has 9 heteroatoms. The summed E-state index contributed by atoms with van der Waals surface area (Å²) in [5.74, 6) is -0.0775. The van der Waals surface area contributed by atoms with E-state index in [1.165, 1.54) is 11.8 Å². The number of amides is 1. The number of para-hydroxylation sites is 1. The summed E-state index contributed by atoms with van der Waals surface area (Å²) >= 11 is 1.27. The highest BCUT2D eigenvalue weighted by atomic mass is 32.2. The van der Waals surface area contributed by atoms with E-state index in [9.17, 15) is 4.79 Å². The fourth-order valence-corrected chi connectivity index (χ4v) is 3.76. The number of carbonyl (C=O) groups excluding carboxylic acids is 1. The van der Waals surface area contributed by atoms with Crippen LogP contribution in [-0.4, -0.2) is 42.6 Å². The van der Waals surface area contributed by atoms with Gasteiger partial charge in [-0.2, -0.15) is 10.2 Å². The first-order chi connectivity index (χ1) is 15.6. The number of rotatable bonds is 7. The van der Waals surface area contributed by atoms with Crippen molar-refractivity contribution < 1.29 is 4.79 Å². The van der Waals surface area contributed by atoms with Gasteiger partial charge in [-0.05, 0) is 44.2 Å². The summed E-state index contributed by atoms with van der Waals surface area (Å²) < 4.78 is 1.78. The van der Waals surface area contributed by atoms with Crippen molar-refractivity contribution in [3.05, 3.63) is 84.1 Å².